The molecular formula is C21H28O. The van der Waals surface area contributed by atoms with Crippen LogP contribution < -0.4 is 4.74 Å². The minimum Gasteiger partial charge on any atom is -0.493 e. The van der Waals surface area contributed by atoms with E-state index in [4.69, 9.17) is 4.74 Å². The van der Waals surface area contributed by atoms with Crippen LogP contribution in [-0.2, 0) is 6.42 Å². The van der Waals surface area contributed by atoms with Crippen molar-refractivity contribution in [1.29, 1.82) is 0 Å². The summed E-state index contributed by atoms with van der Waals surface area (Å²) in [4.78, 5) is 0. The molecule has 0 spiro atoms. The Kier molecular flexibility index (Phi) is 6.06. The van der Waals surface area contributed by atoms with Gasteiger partial charge in [-0.05, 0) is 60.6 Å². The van der Waals surface area contributed by atoms with E-state index in [1.807, 2.05) is 0 Å². The van der Waals surface area contributed by atoms with E-state index in [1.165, 1.54) is 40.7 Å². The van der Waals surface area contributed by atoms with Crippen LogP contribution in [-0.4, -0.2) is 6.61 Å². The average molecular weight is 296 g/mol. The zero-order valence-corrected chi connectivity index (χ0v) is 14.4. The molecule has 1 nitrogen and oxygen atoms in total. The number of hydrogen-bond acceptors (Lipinski definition) is 1. The van der Waals surface area contributed by atoms with Gasteiger partial charge >= 0.3 is 0 Å². The molecule has 0 heterocycles. The Morgan fingerprint density at radius 2 is 1.55 bits per heavy atom. The van der Waals surface area contributed by atoms with E-state index < -0.39 is 0 Å². The molecule has 0 aromatic heterocycles. The molecule has 0 atom stereocenters. The third-order valence-corrected chi connectivity index (χ3v) is 4.30. The molecular weight excluding hydrogens is 268 g/mol. The van der Waals surface area contributed by atoms with Crippen LogP contribution in [0.3, 0.4) is 0 Å². The molecule has 22 heavy (non-hydrogen) atoms. The van der Waals surface area contributed by atoms with Gasteiger partial charge in [0, 0.05) is 0 Å². The van der Waals surface area contributed by atoms with Crippen molar-refractivity contribution in [3.8, 4) is 16.9 Å². The van der Waals surface area contributed by atoms with E-state index in [2.05, 4.69) is 64.1 Å². The maximum atomic E-state index is 5.90. The minimum absolute atomic E-state index is 0.807. The molecule has 0 bridgehead atoms. The number of unbranched alkanes of at least 4 members (excludes halogenated alkanes) is 1. The normalized spacial score (nSPS) is 10.7. The van der Waals surface area contributed by atoms with Crippen molar-refractivity contribution in [3.05, 3.63) is 53.1 Å². The molecule has 0 N–H and O–H groups in total. The largest absolute Gasteiger partial charge is 0.493 e. The van der Waals surface area contributed by atoms with Crippen LogP contribution in [0.1, 0.15) is 49.8 Å². The Morgan fingerprint density at radius 1 is 0.818 bits per heavy atom. The molecule has 0 unspecified atom stereocenters. The summed E-state index contributed by atoms with van der Waals surface area (Å²) in [5.74, 6) is 1.03. The molecule has 0 saturated carbocycles. The Balaban J connectivity index is 2.22. The number of rotatable bonds is 7. The van der Waals surface area contributed by atoms with Crippen LogP contribution in [0.15, 0.2) is 36.4 Å². The first-order valence-electron chi connectivity index (χ1n) is 8.49. The van der Waals surface area contributed by atoms with Gasteiger partial charge in [-0.3, -0.25) is 0 Å². The number of benzene rings is 2. The number of aryl methyl sites for hydroxylation is 1. The Hall–Kier alpha value is -1.76. The zero-order valence-electron chi connectivity index (χ0n) is 14.4. The van der Waals surface area contributed by atoms with Gasteiger partial charge in [0.15, 0.2) is 0 Å². The molecule has 0 aliphatic carbocycles. The summed E-state index contributed by atoms with van der Waals surface area (Å²) in [6, 6.07) is 13.3. The van der Waals surface area contributed by atoms with Crippen LogP contribution in [0.25, 0.3) is 11.1 Å². The summed E-state index contributed by atoms with van der Waals surface area (Å²) in [7, 11) is 0. The van der Waals surface area contributed by atoms with Crippen molar-refractivity contribution in [2.75, 3.05) is 6.61 Å². The van der Waals surface area contributed by atoms with Crippen LogP contribution >= 0.6 is 0 Å². The third kappa shape index (κ3) is 3.91. The molecule has 0 amide bonds. The molecule has 0 fully saturated rings. The monoisotopic (exact) mass is 296 g/mol. The molecule has 2 aromatic carbocycles. The maximum absolute atomic E-state index is 5.90. The standard InChI is InChI=1S/C21H28O/c1-5-7-15-22-21-14-13-20(16(3)17(21)4)19-11-9-18(8-6-2)10-12-19/h9-14H,5-8,15H2,1-4H3. The molecule has 0 saturated heterocycles. The summed E-state index contributed by atoms with van der Waals surface area (Å²) in [5, 5.41) is 0. The van der Waals surface area contributed by atoms with E-state index >= 15 is 0 Å². The van der Waals surface area contributed by atoms with Gasteiger partial charge in [0.25, 0.3) is 0 Å². The fraction of sp³-hybridized carbons (Fsp3) is 0.429. The second-order valence-electron chi connectivity index (χ2n) is 6.01. The number of ether oxygens (including phenoxy) is 1. The zero-order chi connectivity index (χ0) is 15.9. The van der Waals surface area contributed by atoms with Crippen molar-refractivity contribution in [2.45, 2.75) is 53.4 Å². The first kappa shape index (κ1) is 16.6. The van der Waals surface area contributed by atoms with E-state index in [0.29, 0.717) is 0 Å². The smallest absolute Gasteiger partial charge is 0.122 e. The topological polar surface area (TPSA) is 9.23 Å². The van der Waals surface area contributed by atoms with Gasteiger partial charge < -0.3 is 4.74 Å². The highest BCUT2D eigenvalue weighted by Gasteiger charge is 2.09. The Morgan fingerprint density at radius 3 is 2.18 bits per heavy atom. The lowest BCUT2D eigenvalue weighted by atomic mass is 9.95. The Labute approximate surface area is 135 Å². The van der Waals surface area contributed by atoms with E-state index in [9.17, 15) is 0 Å². The summed E-state index contributed by atoms with van der Waals surface area (Å²) in [6.45, 7) is 9.57. The first-order valence-corrected chi connectivity index (χ1v) is 8.49. The Bertz CT molecular complexity index is 596. The van der Waals surface area contributed by atoms with E-state index in [-0.39, 0.29) is 0 Å². The molecule has 2 aromatic rings. The van der Waals surface area contributed by atoms with Crippen molar-refractivity contribution < 1.29 is 4.74 Å². The maximum Gasteiger partial charge on any atom is 0.122 e. The van der Waals surface area contributed by atoms with Gasteiger partial charge in [0.2, 0.25) is 0 Å². The van der Waals surface area contributed by atoms with Crippen LogP contribution in [0.2, 0.25) is 0 Å². The van der Waals surface area contributed by atoms with Gasteiger partial charge in [0.1, 0.15) is 5.75 Å². The molecule has 1 heteroatoms. The summed E-state index contributed by atoms with van der Waals surface area (Å²) in [6.07, 6.45) is 4.63. The average Bonchev–Trinajstić information content (AvgIpc) is 2.53. The van der Waals surface area contributed by atoms with Crippen LogP contribution in [0, 0.1) is 13.8 Å². The quantitative estimate of drug-likeness (QED) is 0.561. The first-order chi connectivity index (χ1) is 10.7. The highest BCUT2D eigenvalue weighted by molar-refractivity contribution is 5.70. The second-order valence-corrected chi connectivity index (χ2v) is 6.01. The number of hydrogen-bond donors (Lipinski definition) is 0. The van der Waals surface area contributed by atoms with Gasteiger partial charge in [-0.2, -0.15) is 0 Å². The molecule has 2 rings (SSSR count). The molecule has 0 radical (unpaired) electrons. The summed E-state index contributed by atoms with van der Waals surface area (Å²) >= 11 is 0. The predicted octanol–water partition coefficient (Wildman–Crippen LogP) is 6.10. The van der Waals surface area contributed by atoms with Crippen molar-refractivity contribution >= 4 is 0 Å². The summed E-state index contributed by atoms with van der Waals surface area (Å²) < 4.78 is 5.90. The third-order valence-electron chi connectivity index (χ3n) is 4.30. The van der Waals surface area contributed by atoms with E-state index in [1.54, 1.807) is 0 Å². The van der Waals surface area contributed by atoms with Gasteiger partial charge in [-0.25, -0.2) is 0 Å². The highest BCUT2D eigenvalue weighted by Crippen LogP contribution is 2.31. The van der Waals surface area contributed by atoms with Gasteiger partial charge in [-0.15, -0.1) is 0 Å². The SMILES string of the molecule is CCCCOc1ccc(-c2ccc(CCC)cc2)c(C)c1C. The fourth-order valence-electron chi connectivity index (χ4n) is 2.73. The van der Waals surface area contributed by atoms with Gasteiger partial charge in [-0.1, -0.05) is 57.0 Å². The lowest BCUT2D eigenvalue weighted by molar-refractivity contribution is 0.307. The second kappa shape index (κ2) is 8.03. The molecule has 118 valence electrons. The lowest BCUT2D eigenvalue weighted by Crippen LogP contribution is -2.00. The lowest BCUT2D eigenvalue weighted by Gasteiger charge is -2.15. The summed E-state index contributed by atoms with van der Waals surface area (Å²) in [5.41, 5.74) is 6.59. The predicted molar refractivity (Wildman–Crippen MR) is 95.8 cm³/mol. The van der Waals surface area contributed by atoms with Crippen molar-refractivity contribution in [3.63, 3.8) is 0 Å². The molecule has 0 aliphatic heterocycles. The molecule has 0 aliphatic rings. The van der Waals surface area contributed by atoms with Crippen molar-refractivity contribution in [2.24, 2.45) is 0 Å². The van der Waals surface area contributed by atoms with Crippen LogP contribution in [0.4, 0.5) is 0 Å². The minimum atomic E-state index is 0.807. The van der Waals surface area contributed by atoms with Gasteiger partial charge in [0.05, 0.1) is 6.61 Å². The van der Waals surface area contributed by atoms with E-state index in [0.717, 1.165) is 25.2 Å². The van der Waals surface area contributed by atoms with Crippen LogP contribution in [0.5, 0.6) is 5.75 Å². The highest BCUT2D eigenvalue weighted by atomic mass is 16.5. The van der Waals surface area contributed by atoms with Crippen molar-refractivity contribution in [1.82, 2.24) is 0 Å². The fourth-order valence-corrected chi connectivity index (χ4v) is 2.73.